The Bertz CT molecular complexity index is 1340. The number of aromatic nitrogens is 4. The Morgan fingerprint density at radius 1 is 1.12 bits per heavy atom. The van der Waals surface area contributed by atoms with Crippen LogP contribution in [0.15, 0.2) is 51.7 Å². The van der Waals surface area contributed by atoms with Crippen LogP contribution in [0, 0.1) is 6.92 Å². The molecule has 168 valence electrons. The zero-order valence-electron chi connectivity index (χ0n) is 18.2. The van der Waals surface area contributed by atoms with Crippen molar-refractivity contribution in [3.63, 3.8) is 0 Å². The van der Waals surface area contributed by atoms with Crippen LogP contribution in [-0.4, -0.2) is 46.6 Å². The molecule has 0 atom stereocenters. The summed E-state index contributed by atoms with van der Waals surface area (Å²) in [5.41, 5.74) is 3.76. The number of hydrogen-bond donors (Lipinski definition) is 1. The molecule has 4 aromatic rings. The van der Waals surface area contributed by atoms with Gasteiger partial charge in [0.2, 0.25) is 15.2 Å². The fourth-order valence-corrected chi connectivity index (χ4v) is 5.84. The lowest BCUT2D eigenvalue weighted by Crippen LogP contribution is -2.22. The Kier molecular flexibility index (Phi) is 6.52. The molecular formula is C21H24N6O2S3. The maximum atomic E-state index is 12.5. The third-order valence-corrected chi connectivity index (χ3v) is 8.71. The molecule has 0 unspecified atom stereocenters. The minimum absolute atomic E-state index is 0.242. The number of benzene rings is 2. The van der Waals surface area contributed by atoms with Gasteiger partial charge in [0.25, 0.3) is 0 Å². The van der Waals surface area contributed by atoms with E-state index in [0.717, 1.165) is 33.0 Å². The normalized spacial score (nSPS) is 12.0. The highest BCUT2D eigenvalue weighted by Crippen LogP contribution is 2.31. The number of fused-ring (bicyclic) bond motifs is 1. The molecule has 0 aliphatic rings. The van der Waals surface area contributed by atoms with E-state index >= 15 is 0 Å². The van der Waals surface area contributed by atoms with Crippen molar-refractivity contribution < 1.29 is 8.42 Å². The van der Waals surface area contributed by atoms with Gasteiger partial charge in [0.15, 0.2) is 4.34 Å². The summed E-state index contributed by atoms with van der Waals surface area (Å²) in [4.78, 5) is 4.96. The molecule has 0 spiro atoms. The van der Waals surface area contributed by atoms with E-state index in [0.29, 0.717) is 11.3 Å². The Balaban J connectivity index is 1.52. The van der Waals surface area contributed by atoms with E-state index in [1.54, 1.807) is 23.9 Å². The van der Waals surface area contributed by atoms with Gasteiger partial charge in [0.05, 0.1) is 21.7 Å². The summed E-state index contributed by atoms with van der Waals surface area (Å²) in [5.74, 6) is 1.48. The van der Waals surface area contributed by atoms with Crippen molar-refractivity contribution in [2.45, 2.75) is 35.4 Å². The second-order valence-corrected chi connectivity index (χ2v) is 11.7. The molecule has 0 fully saturated rings. The van der Waals surface area contributed by atoms with Crippen LogP contribution in [0.1, 0.15) is 18.3 Å². The molecule has 0 saturated carbocycles. The van der Waals surface area contributed by atoms with Crippen molar-refractivity contribution in [3.05, 3.63) is 53.9 Å². The molecular weight excluding hydrogens is 464 g/mol. The highest BCUT2D eigenvalue weighted by atomic mass is 32.2. The van der Waals surface area contributed by atoms with Crippen LogP contribution in [0.3, 0.4) is 0 Å². The van der Waals surface area contributed by atoms with Crippen molar-refractivity contribution in [1.82, 2.24) is 24.1 Å². The van der Waals surface area contributed by atoms with E-state index < -0.39 is 10.0 Å². The number of rotatable bonds is 8. The first-order chi connectivity index (χ1) is 15.3. The zero-order chi connectivity index (χ0) is 22.9. The van der Waals surface area contributed by atoms with E-state index in [9.17, 15) is 8.42 Å². The van der Waals surface area contributed by atoms with Gasteiger partial charge in [-0.15, -0.1) is 10.2 Å². The largest absolute Gasteiger partial charge is 0.330 e. The number of hydrogen-bond acceptors (Lipinski definition) is 8. The number of sulfonamides is 1. The van der Waals surface area contributed by atoms with Crippen molar-refractivity contribution in [1.29, 1.82) is 0 Å². The molecule has 8 nitrogen and oxygen atoms in total. The highest BCUT2D eigenvalue weighted by molar-refractivity contribution is 8.00. The van der Waals surface area contributed by atoms with Crippen LogP contribution in [0.4, 0.5) is 10.8 Å². The number of nitrogens with zero attached hydrogens (tertiary/aromatic N) is 5. The van der Waals surface area contributed by atoms with Gasteiger partial charge in [-0.3, -0.25) is 0 Å². The van der Waals surface area contributed by atoms with Gasteiger partial charge >= 0.3 is 0 Å². The first-order valence-electron chi connectivity index (χ1n) is 9.99. The third-order valence-electron chi connectivity index (χ3n) is 4.93. The fraction of sp³-hybridized carbons (Fsp3) is 0.286. The van der Waals surface area contributed by atoms with Gasteiger partial charge < -0.3 is 9.88 Å². The molecule has 0 radical (unpaired) electrons. The zero-order valence-corrected chi connectivity index (χ0v) is 20.7. The third kappa shape index (κ3) is 4.65. The number of aryl methyl sites for hydroxylation is 2. The molecule has 0 saturated heterocycles. The molecule has 0 aliphatic heterocycles. The Morgan fingerprint density at radius 3 is 2.56 bits per heavy atom. The van der Waals surface area contributed by atoms with E-state index in [2.05, 4.69) is 27.0 Å². The van der Waals surface area contributed by atoms with Gasteiger partial charge in [-0.1, -0.05) is 40.8 Å². The molecule has 2 aromatic heterocycles. The summed E-state index contributed by atoms with van der Waals surface area (Å²) in [6, 6.07) is 13.2. The molecule has 0 aliphatic carbocycles. The van der Waals surface area contributed by atoms with Crippen LogP contribution in [0.5, 0.6) is 0 Å². The highest BCUT2D eigenvalue weighted by Gasteiger charge is 2.19. The summed E-state index contributed by atoms with van der Waals surface area (Å²) in [6.45, 7) is 4.84. The molecule has 2 aromatic carbocycles. The summed E-state index contributed by atoms with van der Waals surface area (Å²) < 4.78 is 29.1. The van der Waals surface area contributed by atoms with Crippen LogP contribution in [0.25, 0.3) is 11.0 Å². The predicted molar refractivity (Wildman–Crippen MR) is 130 cm³/mol. The van der Waals surface area contributed by atoms with Gasteiger partial charge in [-0.2, -0.15) is 0 Å². The standard InChI is InChI=1S/C21H24N6O2S3/c1-5-27-18-11-10-16(32(28,29)26(3)4)12-17(18)23-19(27)13-30-21-25-24-20(31-21)22-15-8-6-14(2)7-9-15/h6-12H,5,13H2,1-4H3,(H,22,24). The van der Waals surface area contributed by atoms with E-state index in [-0.39, 0.29) is 4.90 Å². The lowest BCUT2D eigenvalue weighted by Gasteiger charge is -2.11. The summed E-state index contributed by atoms with van der Waals surface area (Å²) in [6.07, 6.45) is 0. The number of imidazole rings is 1. The molecule has 11 heteroatoms. The predicted octanol–water partition coefficient (Wildman–Crippen LogP) is 4.50. The lowest BCUT2D eigenvalue weighted by atomic mass is 10.2. The Morgan fingerprint density at radius 2 is 1.88 bits per heavy atom. The SMILES string of the molecule is CCn1c(CSc2nnc(Nc3ccc(C)cc3)s2)nc2cc(S(=O)(=O)N(C)C)ccc21. The molecule has 0 bridgehead atoms. The van der Waals surface area contributed by atoms with Crippen LogP contribution in [0.2, 0.25) is 0 Å². The van der Waals surface area contributed by atoms with Gasteiger partial charge in [0.1, 0.15) is 5.82 Å². The van der Waals surface area contributed by atoms with Crippen LogP contribution in [-0.2, 0) is 22.3 Å². The quantitative estimate of drug-likeness (QED) is 0.365. The van der Waals surface area contributed by atoms with E-state index in [1.165, 1.54) is 35.3 Å². The topological polar surface area (TPSA) is 93.0 Å². The van der Waals surface area contributed by atoms with Crippen molar-refractivity contribution in [3.8, 4) is 0 Å². The number of nitrogens with one attached hydrogen (secondary N) is 1. The van der Waals surface area contributed by atoms with Gasteiger partial charge in [-0.25, -0.2) is 17.7 Å². The maximum Gasteiger partial charge on any atom is 0.242 e. The number of anilines is 2. The van der Waals surface area contributed by atoms with Crippen molar-refractivity contribution in [2.75, 3.05) is 19.4 Å². The molecule has 0 amide bonds. The summed E-state index contributed by atoms with van der Waals surface area (Å²) >= 11 is 3.05. The first-order valence-corrected chi connectivity index (χ1v) is 13.2. The minimum Gasteiger partial charge on any atom is -0.330 e. The monoisotopic (exact) mass is 488 g/mol. The first kappa shape index (κ1) is 22.7. The number of thioether (sulfide) groups is 1. The lowest BCUT2D eigenvalue weighted by molar-refractivity contribution is 0.521. The van der Waals surface area contributed by atoms with Crippen molar-refractivity contribution >= 4 is 55.0 Å². The second kappa shape index (κ2) is 9.18. The average molecular weight is 489 g/mol. The second-order valence-electron chi connectivity index (χ2n) is 7.36. The molecule has 2 heterocycles. The molecule has 1 N–H and O–H groups in total. The van der Waals surface area contributed by atoms with Crippen LogP contribution < -0.4 is 5.32 Å². The summed E-state index contributed by atoms with van der Waals surface area (Å²) in [5, 5.41) is 12.5. The minimum atomic E-state index is -3.50. The van der Waals surface area contributed by atoms with E-state index in [4.69, 9.17) is 4.98 Å². The summed E-state index contributed by atoms with van der Waals surface area (Å²) in [7, 11) is -0.456. The average Bonchev–Trinajstić information content (AvgIpc) is 3.36. The fourth-order valence-electron chi connectivity index (χ4n) is 3.20. The van der Waals surface area contributed by atoms with Crippen LogP contribution >= 0.6 is 23.1 Å². The maximum absolute atomic E-state index is 12.5. The molecule has 4 rings (SSSR count). The van der Waals surface area contributed by atoms with E-state index in [1.807, 2.05) is 37.3 Å². The van der Waals surface area contributed by atoms with Crippen molar-refractivity contribution in [2.24, 2.45) is 0 Å². The smallest absolute Gasteiger partial charge is 0.242 e. The van der Waals surface area contributed by atoms with Gasteiger partial charge in [0, 0.05) is 26.3 Å². The Labute approximate surface area is 195 Å². The molecule has 32 heavy (non-hydrogen) atoms. The Hall–Kier alpha value is -2.47. The van der Waals surface area contributed by atoms with Gasteiger partial charge in [-0.05, 0) is 44.2 Å².